The third kappa shape index (κ3) is 2.17. The highest BCUT2D eigenvalue weighted by molar-refractivity contribution is 5.43. The third-order valence-corrected chi connectivity index (χ3v) is 5.47. The van der Waals surface area contributed by atoms with Gasteiger partial charge in [0, 0.05) is 6.04 Å². The molecule has 4 rings (SSSR count). The SMILES string of the molecule is Fc1ccc2c(c1)C1(CCNCC1)C[C@H]2NCC1CC1. The minimum atomic E-state index is -0.0792. The van der Waals surface area contributed by atoms with Crippen molar-refractivity contribution in [2.24, 2.45) is 5.92 Å². The zero-order chi connectivity index (χ0) is 13.6. The summed E-state index contributed by atoms with van der Waals surface area (Å²) < 4.78 is 13.7. The van der Waals surface area contributed by atoms with E-state index in [1.807, 2.05) is 6.07 Å². The normalized spacial score (nSPS) is 27.8. The molecule has 2 N–H and O–H groups in total. The number of hydrogen-bond donors (Lipinski definition) is 2. The minimum absolute atomic E-state index is 0.0792. The van der Waals surface area contributed by atoms with E-state index in [2.05, 4.69) is 10.6 Å². The van der Waals surface area contributed by atoms with Crippen LogP contribution in [0.3, 0.4) is 0 Å². The van der Waals surface area contributed by atoms with Crippen LogP contribution in [0, 0.1) is 11.7 Å². The summed E-state index contributed by atoms with van der Waals surface area (Å²) in [6, 6.07) is 5.89. The van der Waals surface area contributed by atoms with E-state index in [9.17, 15) is 4.39 Å². The van der Waals surface area contributed by atoms with E-state index in [0.717, 1.165) is 44.8 Å². The Balaban J connectivity index is 1.64. The first kappa shape index (κ1) is 12.8. The fourth-order valence-corrected chi connectivity index (χ4v) is 4.09. The molecular formula is C17H23FN2. The lowest BCUT2D eigenvalue weighted by Crippen LogP contribution is -2.39. The summed E-state index contributed by atoms with van der Waals surface area (Å²) in [6.45, 7) is 3.26. The molecule has 0 aromatic heterocycles. The molecule has 0 amide bonds. The van der Waals surface area contributed by atoms with Gasteiger partial charge in [-0.1, -0.05) is 6.07 Å². The molecule has 1 aromatic carbocycles. The molecule has 1 atom stereocenters. The van der Waals surface area contributed by atoms with Gasteiger partial charge in [-0.15, -0.1) is 0 Å². The Bertz CT molecular complexity index is 504. The lowest BCUT2D eigenvalue weighted by molar-refractivity contribution is 0.281. The van der Waals surface area contributed by atoms with Crippen molar-refractivity contribution in [3.63, 3.8) is 0 Å². The van der Waals surface area contributed by atoms with Crippen LogP contribution in [0.5, 0.6) is 0 Å². The van der Waals surface area contributed by atoms with Crippen molar-refractivity contribution in [3.8, 4) is 0 Å². The molecule has 20 heavy (non-hydrogen) atoms. The molecule has 1 heterocycles. The highest BCUT2D eigenvalue weighted by atomic mass is 19.1. The van der Waals surface area contributed by atoms with Crippen LogP contribution in [0.15, 0.2) is 18.2 Å². The summed E-state index contributed by atoms with van der Waals surface area (Å²) in [5.41, 5.74) is 2.85. The lowest BCUT2D eigenvalue weighted by atomic mass is 9.74. The number of halogens is 1. The third-order valence-electron chi connectivity index (χ3n) is 5.47. The summed E-state index contributed by atoms with van der Waals surface area (Å²) in [4.78, 5) is 0. The van der Waals surface area contributed by atoms with Gasteiger partial charge < -0.3 is 10.6 Å². The first-order chi connectivity index (χ1) is 9.77. The molecule has 108 valence electrons. The Kier molecular flexibility index (Phi) is 3.08. The van der Waals surface area contributed by atoms with Crippen LogP contribution in [0.4, 0.5) is 4.39 Å². The van der Waals surface area contributed by atoms with Crippen LogP contribution >= 0.6 is 0 Å². The van der Waals surface area contributed by atoms with Crippen LogP contribution in [0.25, 0.3) is 0 Å². The van der Waals surface area contributed by atoms with Crippen molar-refractivity contribution in [1.82, 2.24) is 10.6 Å². The van der Waals surface area contributed by atoms with Crippen LogP contribution in [0.2, 0.25) is 0 Å². The number of nitrogens with one attached hydrogen (secondary N) is 2. The molecule has 1 aliphatic heterocycles. The fraction of sp³-hybridized carbons (Fsp3) is 0.647. The Morgan fingerprint density at radius 2 is 2.05 bits per heavy atom. The van der Waals surface area contributed by atoms with Crippen molar-refractivity contribution in [1.29, 1.82) is 0 Å². The quantitative estimate of drug-likeness (QED) is 0.885. The smallest absolute Gasteiger partial charge is 0.123 e. The van der Waals surface area contributed by atoms with Gasteiger partial charge in [-0.2, -0.15) is 0 Å². The van der Waals surface area contributed by atoms with Crippen LogP contribution < -0.4 is 10.6 Å². The van der Waals surface area contributed by atoms with E-state index in [0.29, 0.717) is 6.04 Å². The zero-order valence-corrected chi connectivity index (χ0v) is 11.9. The summed E-state index contributed by atoms with van der Waals surface area (Å²) in [5, 5.41) is 7.19. The van der Waals surface area contributed by atoms with Gasteiger partial charge in [0.2, 0.25) is 0 Å². The van der Waals surface area contributed by atoms with E-state index in [1.165, 1.54) is 24.0 Å². The molecular weight excluding hydrogens is 251 g/mol. The first-order valence-corrected chi connectivity index (χ1v) is 8.01. The van der Waals surface area contributed by atoms with E-state index in [1.54, 1.807) is 12.1 Å². The summed E-state index contributed by atoms with van der Waals surface area (Å²) >= 11 is 0. The molecule has 1 saturated heterocycles. The van der Waals surface area contributed by atoms with E-state index in [4.69, 9.17) is 0 Å². The molecule has 2 nitrogen and oxygen atoms in total. The van der Waals surface area contributed by atoms with Crippen molar-refractivity contribution < 1.29 is 4.39 Å². The fourth-order valence-electron chi connectivity index (χ4n) is 4.09. The van der Waals surface area contributed by atoms with Crippen LogP contribution in [-0.2, 0) is 5.41 Å². The Morgan fingerprint density at radius 3 is 2.80 bits per heavy atom. The zero-order valence-electron chi connectivity index (χ0n) is 11.9. The van der Waals surface area contributed by atoms with Crippen molar-refractivity contribution in [3.05, 3.63) is 35.1 Å². The molecule has 0 bridgehead atoms. The maximum atomic E-state index is 13.7. The molecule has 3 aliphatic rings. The maximum absolute atomic E-state index is 13.7. The summed E-state index contributed by atoms with van der Waals surface area (Å²) in [6.07, 6.45) is 6.20. The van der Waals surface area contributed by atoms with Gasteiger partial charge in [-0.05, 0) is 86.3 Å². The van der Waals surface area contributed by atoms with Gasteiger partial charge in [-0.3, -0.25) is 0 Å². The Hall–Kier alpha value is -0.930. The number of benzene rings is 1. The summed E-state index contributed by atoms with van der Waals surface area (Å²) in [5.74, 6) is 0.813. The summed E-state index contributed by atoms with van der Waals surface area (Å²) in [7, 11) is 0. The number of fused-ring (bicyclic) bond motifs is 2. The molecule has 3 heteroatoms. The average molecular weight is 274 g/mol. The lowest BCUT2D eigenvalue weighted by Gasteiger charge is -2.35. The molecule has 1 aromatic rings. The Morgan fingerprint density at radius 1 is 1.25 bits per heavy atom. The van der Waals surface area contributed by atoms with Crippen LogP contribution in [0.1, 0.15) is 49.3 Å². The standard InChI is InChI=1S/C17H23FN2/c18-13-3-4-14-15(9-13)17(5-7-19-8-6-17)10-16(14)20-11-12-1-2-12/h3-4,9,12,16,19-20H,1-2,5-8,10-11H2/t16-/m1/s1. The monoisotopic (exact) mass is 274 g/mol. The van der Waals surface area contributed by atoms with Gasteiger partial charge in [-0.25, -0.2) is 4.39 Å². The predicted molar refractivity (Wildman–Crippen MR) is 78.3 cm³/mol. The molecule has 2 aliphatic carbocycles. The minimum Gasteiger partial charge on any atom is -0.317 e. The van der Waals surface area contributed by atoms with Crippen molar-refractivity contribution in [2.45, 2.75) is 43.6 Å². The second-order valence-electron chi connectivity index (χ2n) is 6.87. The average Bonchev–Trinajstić information content (AvgIpc) is 3.25. The second-order valence-corrected chi connectivity index (χ2v) is 6.87. The topological polar surface area (TPSA) is 24.1 Å². The first-order valence-electron chi connectivity index (χ1n) is 8.01. The molecule has 1 spiro atoms. The van der Waals surface area contributed by atoms with E-state index >= 15 is 0 Å². The van der Waals surface area contributed by atoms with Gasteiger partial charge in [0.25, 0.3) is 0 Å². The van der Waals surface area contributed by atoms with Gasteiger partial charge >= 0.3 is 0 Å². The molecule has 1 saturated carbocycles. The van der Waals surface area contributed by atoms with E-state index in [-0.39, 0.29) is 11.2 Å². The Labute approximate surface area is 120 Å². The van der Waals surface area contributed by atoms with E-state index < -0.39 is 0 Å². The molecule has 2 fully saturated rings. The maximum Gasteiger partial charge on any atom is 0.123 e. The molecule has 0 unspecified atom stereocenters. The highest BCUT2D eigenvalue weighted by Crippen LogP contribution is 2.50. The largest absolute Gasteiger partial charge is 0.317 e. The van der Waals surface area contributed by atoms with Gasteiger partial charge in [0.1, 0.15) is 5.82 Å². The van der Waals surface area contributed by atoms with Gasteiger partial charge in [0.05, 0.1) is 0 Å². The number of rotatable bonds is 3. The number of piperidine rings is 1. The highest BCUT2D eigenvalue weighted by Gasteiger charge is 2.44. The van der Waals surface area contributed by atoms with Gasteiger partial charge in [0.15, 0.2) is 0 Å². The number of hydrogen-bond acceptors (Lipinski definition) is 2. The van der Waals surface area contributed by atoms with Crippen LogP contribution in [-0.4, -0.2) is 19.6 Å². The van der Waals surface area contributed by atoms with Crippen molar-refractivity contribution in [2.75, 3.05) is 19.6 Å². The van der Waals surface area contributed by atoms with Crippen molar-refractivity contribution >= 4 is 0 Å². The predicted octanol–water partition coefficient (Wildman–Crippen LogP) is 2.89. The molecule has 0 radical (unpaired) electrons. The second kappa shape index (κ2) is 4.81.